The van der Waals surface area contributed by atoms with Crippen molar-refractivity contribution in [3.63, 3.8) is 0 Å². The monoisotopic (exact) mass is 292 g/mol. The minimum Gasteiger partial charge on any atom is -0.465 e. The summed E-state index contributed by atoms with van der Waals surface area (Å²) in [5, 5.41) is 1.26. The number of rotatable bonds is 2. The van der Waals surface area contributed by atoms with Crippen molar-refractivity contribution in [2.75, 3.05) is 12.1 Å². The Kier molecular flexibility index (Phi) is 2.87. The van der Waals surface area contributed by atoms with Gasteiger partial charge in [-0.2, -0.15) is 10.4 Å². The van der Waals surface area contributed by atoms with Gasteiger partial charge in [-0.1, -0.05) is 11.3 Å². The predicted molar refractivity (Wildman–Crippen MR) is 69.3 cm³/mol. The Bertz CT molecular complexity index is 755. The zero-order valence-corrected chi connectivity index (χ0v) is 11.0. The Hall–Kier alpha value is -2.48. The molecule has 1 amide bonds. The molecule has 1 aromatic heterocycles. The van der Waals surface area contributed by atoms with Crippen molar-refractivity contribution in [2.24, 2.45) is 0 Å². The molecular weight excluding hydrogens is 285 g/mol. The van der Waals surface area contributed by atoms with E-state index in [-0.39, 0.29) is 16.5 Å². The number of aromatic nitrogens is 1. The number of ether oxygens (including phenoxy) is 1. The molecular formula is C12H7FN3O3S. The molecule has 1 radical (unpaired) electrons. The van der Waals surface area contributed by atoms with Gasteiger partial charge in [-0.05, 0) is 18.2 Å². The number of halogens is 1. The topological polar surface area (TPSA) is 73.6 Å². The maximum Gasteiger partial charge on any atom is 0.345 e. The van der Waals surface area contributed by atoms with Gasteiger partial charge in [0.1, 0.15) is 11.4 Å². The Labute approximate surface area is 116 Å². The number of benzene rings is 1. The van der Waals surface area contributed by atoms with E-state index in [0.717, 1.165) is 22.5 Å². The number of methoxy groups -OCH3 is 1. The van der Waals surface area contributed by atoms with Crippen LogP contribution in [0.15, 0.2) is 30.0 Å². The number of fused-ring (bicyclic) bond motifs is 1. The third kappa shape index (κ3) is 1.90. The largest absolute Gasteiger partial charge is 0.465 e. The molecule has 0 fully saturated rings. The average molecular weight is 292 g/mol. The Morgan fingerprint density at radius 3 is 3.00 bits per heavy atom. The highest BCUT2D eigenvalue weighted by atomic mass is 32.1. The fraction of sp³-hybridized carbons (Fsp3) is 0.0833. The normalized spacial score (nSPS) is 14.4. The van der Waals surface area contributed by atoms with Gasteiger partial charge >= 0.3 is 5.97 Å². The number of anilines is 1. The Morgan fingerprint density at radius 2 is 2.25 bits per heavy atom. The lowest BCUT2D eigenvalue weighted by atomic mass is 10.3. The number of hydrogen-bond donors (Lipinski definition) is 0. The first-order valence-electron chi connectivity index (χ1n) is 5.50. The predicted octanol–water partition coefficient (Wildman–Crippen LogP) is 1.36. The summed E-state index contributed by atoms with van der Waals surface area (Å²) in [5.74, 6) is -1.75. The summed E-state index contributed by atoms with van der Waals surface area (Å²) in [5.41, 5.74) is 4.22. The van der Waals surface area contributed by atoms with Crippen LogP contribution >= 0.6 is 11.3 Å². The molecule has 1 aliphatic heterocycles. The van der Waals surface area contributed by atoms with Crippen molar-refractivity contribution < 1.29 is 18.7 Å². The summed E-state index contributed by atoms with van der Waals surface area (Å²) in [6.45, 7) is 0. The number of nitrogens with zero attached hydrogens (tertiary/aromatic N) is 3. The number of esters is 1. The lowest BCUT2D eigenvalue weighted by Crippen LogP contribution is -2.31. The van der Waals surface area contributed by atoms with Crippen LogP contribution < -0.4 is 10.4 Å². The third-order valence-corrected chi connectivity index (χ3v) is 3.64. The highest BCUT2D eigenvalue weighted by molar-refractivity contribution is 7.22. The standard InChI is InChI=1S/C12H7FN3O3S/c1-19-11(18)7-5-14-16(10(7)17)12-15-8-3-2-6(13)4-9(8)20-12/h2-5H,1H3. The van der Waals surface area contributed by atoms with Gasteiger partial charge in [0.05, 0.1) is 23.5 Å². The number of thiazole rings is 1. The van der Waals surface area contributed by atoms with Crippen molar-refractivity contribution in [3.8, 4) is 0 Å². The summed E-state index contributed by atoms with van der Waals surface area (Å²) < 4.78 is 18.2. The lowest BCUT2D eigenvalue weighted by molar-refractivity contribution is -0.137. The fourth-order valence-electron chi connectivity index (χ4n) is 1.70. The van der Waals surface area contributed by atoms with Crippen LogP contribution in [0.5, 0.6) is 0 Å². The van der Waals surface area contributed by atoms with E-state index in [2.05, 4.69) is 15.1 Å². The average Bonchev–Trinajstić information content (AvgIpc) is 3.00. The summed E-state index contributed by atoms with van der Waals surface area (Å²) in [4.78, 5) is 27.5. The number of carbonyl (C=O) groups is 2. The molecule has 2 aromatic rings. The van der Waals surface area contributed by atoms with Gasteiger partial charge in [-0.3, -0.25) is 4.79 Å². The van der Waals surface area contributed by atoms with E-state index in [1.807, 2.05) is 0 Å². The summed E-state index contributed by atoms with van der Waals surface area (Å²) in [6, 6.07) is 4.12. The third-order valence-electron chi connectivity index (χ3n) is 2.65. The van der Waals surface area contributed by atoms with Crippen LogP contribution in [-0.4, -0.2) is 24.0 Å². The molecule has 0 bridgehead atoms. The molecule has 1 aliphatic rings. The first kappa shape index (κ1) is 12.5. The molecule has 101 valence electrons. The molecule has 3 rings (SSSR count). The van der Waals surface area contributed by atoms with E-state index in [1.165, 1.54) is 25.3 Å². The maximum absolute atomic E-state index is 13.1. The zero-order chi connectivity index (χ0) is 14.3. The van der Waals surface area contributed by atoms with Gasteiger partial charge in [0.15, 0.2) is 0 Å². The number of hydrogen-bond acceptors (Lipinski definition) is 5. The highest BCUT2D eigenvalue weighted by Crippen LogP contribution is 2.30. The van der Waals surface area contributed by atoms with Gasteiger partial charge in [-0.15, -0.1) is 0 Å². The highest BCUT2D eigenvalue weighted by Gasteiger charge is 2.34. The summed E-state index contributed by atoms with van der Waals surface area (Å²) >= 11 is 1.11. The van der Waals surface area contributed by atoms with Crippen molar-refractivity contribution in [3.05, 3.63) is 35.8 Å². The van der Waals surface area contributed by atoms with Gasteiger partial charge in [-0.25, -0.2) is 14.2 Å². The second-order valence-electron chi connectivity index (χ2n) is 3.88. The first-order valence-corrected chi connectivity index (χ1v) is 6.31. The minimum atomic E-state index is -0.756. The molecule has 0 saturated carbocycles. The van der Waals surface area contributed by atoms with E-state index in [0.29, 0.717) is 10.2 Å². The molecule has 20 heavy (non-hydrogen) atoms. The van der Waals surface area contributed by atoms with Gasteiger partial charge < -0.3 is 4.74 Å². The van der Waals surface area contributed by atoms with E-state index in [9.17, 15) is 14.0 Å². The summed E-state index contributed by atoms with van der Waals surface area (Å²) in [6.07, 6.45) is 1.13. The van der Waals surface area contributed by atoms with Crippen molar-refractivity contribution in [1.82, 2.24) is 10.4 Å². The van der Waals surface area contributed by atoms with E-state index in [4.69, 9.17) is 0 Å². The van der Waals surface area contributed by atoms with Gasteiger partial charge in [0, 0.05) is 0 Å². The van der Waals surface area contributed by atoms with Crippen LogP contribution in [0.1, 0.15) is 0 Å². The van der Waals surface area contributed by atoms with Crippen molar-refractivity contribution >= 4 is 38.6 Å². The number of carbonyl (C=O) groups excluding carboxylic acids is 2. The Balaban J connectivity index is 1.94. The molecule has 6 nitrogen and oxygen atoms in total. The molecule has 0 spiro atoms. The zero-order valence-electron chi connectivity index (χ0n) is 10.2. The first-order chi connectivity index (χ1) is 9.60. The molecule has 0 N–H and O–H groups in total. The van der Waals surface area contributed by atoms with E-state index < -0.39 is 11.9 Å². The second kappa shape index (κ2) is 4.57. The Morgan fingerprint density at radius 1 is 1.45 bits per heavy atom. The van der Waals surface area contributed by atoms with Crippen LogP contribution in [0.4, 0.5) is 9.52 Å². The molecule has 0 saturated heterocycles. The number of amides is 1. The van der Waals surface area contributed by atoms with E-state index >= 15 is 0 Å². The van der Waals surface area contributed by atoms with Crippen LogP contribution in [0, 0.1) is 5.82 Å². The smallest absolute Gasteiger partial charge is 0.345 e. The fourth-order valence-corrected chi connectivity index (χ4v) is 2.65. The second-order valence-corrected chi connectivity index (χ2v) is 4.88. The van der Waals surface area contributed by atoms with Crippen molar-refractivity contribution in [1.29, 1.82) is 0 Å². The van der Waals surface area contributed by atoms with Crippen LogP contribution in [0.3, 0.4) is 0 Å². The van der Waals surface area contributed by atoms with Gasteiger partial charge in [0.25, 0.3) is 5.91 Å². The molecule has 0 atom stereocenters. The van der Waals surface area contributed by atoms with Crippen LogP contribution in [0.2, 0.25) is 0 Å². The quantitative estimate of drug-likeness (QED) is 0.619. The van der Waals surface area contributed by atoms with Crippen LogP contribution in [0.25, 0.3) is 10.2 Å². The molecule has 0 unspecified atom stereocenters. The van der Waals surface area contributed by atoms with Crippen molar-refractivity contribution in [2.45, 2.75) is 0 Å². The molecule has 8 heteroatoms. The van der Waals surface area contributed by atoms with Gasteiger partial charge in [0.2, 0.25) is 5.13 Å². The molecule has 1 aromatic carbocycles. The lowest BCUT2D eigenvalue weighted by Gasteiger charge is -2.09. The molecule has 0 aliphatic carbocycles. The SMILES string of the molecule is COC(=O)C1=C[N]N(c2nc3ccc(F)cc3s2)C1=O. The molecule has 2 heterocycles. The summed E-state index contributed by atoms with van der Waals surface area (Å²) in [7, 11) is 1.18. The van der Waals surface area contributed by atoms with E-state index in [1.54, 1.807) is 0 Å². The van der Waals surface area contributed by atoms with Crippen LogP contribution in [-0.2, 0) is 14.3 Å². The maximum atomic E-state index is 13.1. The minimum absolute atomic E-state index is 0.169.